The SMILES string of the molecule is OC[C@H]1[C@@H](O)[C@H](O)[C@@H](OOC[C@H]2[C@@H](O)[C@H](O)[C@@H](O)CN2C[C@@H]2CCCN(c3cccc(C(F)(F)F)n3)C2)CN1C[C@@H]1CCCN(c2cnccc2C(F)(F)F)C1. The Bertz CT molecular complexity index is 1580. The summed E-state index contributed by atoms with van der Waals surface area (Å²) in [5.41, 5.74) is -1.82. The number of alkyl halides is 6. The van der Waals surface area contributed by atoms with Gasteiger partial charge in [0.2, 0.25) is 0 Å². The molecular weight excluding hydrogens is 758 g/mol. The number of rotatable bonds is 11. The Morgan fingerprint density at radius 1 is 0.732 bits per heavy atom. The van der Waals surface area contributed by atoms with Crippen LogP contribution in [-0.4, -0.2) is 165 Å². The monoisotopic (exact) mass is 808 g/mol. The number of hydrogen-bond acceptors (Lipinski definition) is 14. The van der Waals surface area contributed by atoms with E-state index in [-0.39, 0.29) is 62.7 Å². The molecule has 4 aliphatic heterocycles. The van der Waals surface area contributed by atoms with Gasteiger partial charge in [0.05, 0.1) is 42.2 Å². The molecule has 56 heavy (non-hydrogen) atoms. The molecule has 0 amide bonds. The van der Waals surface area contributed by atoms with Crippen molar-refractivity contribution >= 4 is 11.5 Å². The number of piperidine rings is 4. The topological polar surface area (TPSA) is 179 Å². The van der Waals surface area contributed by atoms with Crippen LogP contribution in [0.4, 0.5) is 37.8 Å². The zero-order valence-electron chi connectivity index (χ0n) is 30.6. The molecule has 0 radical (unpaired) electrons. The van der Waals surface area contributed by atoms with Crippen LogP contribution in [0, 0.1) is 11.8 Å². The number of pyridine rings is 2. The van der Waals surface area contributed by atoms with Crippen molar-refractivity contribution < 1.29 is 66.8 Å². The van der Waals surface area contributed by atoms with E-state index in [0.29, 0.717) is 45.3 Å². The van der Waals surface area contributed by atoms with Gasteiger partial charge in [-0.15, -0.1) is 0 Å². The first-order valence-electron chi connectivity index (χ1n) is 18.9. The van der Waals surface area contributed by atoms with Crippen LogP contribution in [0.2, 0.25) is 0 Å². The molecule has 0 saturated carbocycles. The number of anilines is 2. The van der Waals surface area contributed by atoms with E-state index in [1.807, 2.05) is 0 Å². The molecule has 4 saturated heterocycles. The Morgan fingerprint density at radius 2 is 1.38 bits per heavy atom. The van der Waals surface area contributed by atoms with Crippen LogP contribution < -0.4 is 9.80 Å². The highest BCUT2D eigenvalue weighted by molar-refractivity contribution is 5.53. The first-order valence-corrected chi connectivity index (χ1v) is 18.9. The van der Waals surface area contributed by atoms with Gasteiger partial charge in [-0.25, -0.2) is 14.8 Å². The summed E-state index contributed by atoms with van der Waals surface area (Å²) >= 11 is 0. The number of β-amino-alcohol motifs (C(OH)–C–C–N with tert-alkyl or cyclic N) is 1. The number of aliphatic hydroxyl groups is 6. The molecule has 14 nitrogen and oxygen atoms in total. The highest BCUT2D eigenvalue weighted by Crippen LogP contribution is 2.38. The molecule has 4 fully saturated rings. The van der Waals surface area contributed by atoms with Crippen molar-refractivity contribution in [2.75, 3.05) is 75.4 Å². The van der Waals surface area contributed by atoms with Crippen molar-refractivity contribution in [1.82, 2.24) is 19.8 Å². The summed E-state index contributed by atoms with van der Waals surface area (Å²) in [7, 11) is 0. The number of hydrogen-bond donors (Lipinski definition) is 6. The summed E-state index contributed by atoms with van der Waals surface area (Å²) in [5, 5.41) is 64.2. The van der Waals surface area contributed by atoms with Gasteiger partial charge in [0.25, 0.3) is 0 Å². The first-order chi connectivity index (χ1) is 26.5. The second-order valence-corrected chi connectivity index (χ2v) is 15.4. The Morgan fingerprint density at radius 3 is 2.04 bits per heavy atom. The van der Waals surface area contributed by atoms with Gasteiger partial charge in [0.15, 0.2) is 0 Å². The quantitative estimate of drug-likeness (QED) is 0.108. The van der Waals surface area contributed by atoms with Crippen molar-refractivity contribution in [1.29, 1.82) is 0 Å². The Hall–Kier alpha value is -2.92. The van der Waals surface area contributed by atoms with Crippen LogP contribution >= 0.6 is 0 Å². The third kappa shape index (κ3) is 9.84. The minimum atomic E-state index is -4.60. The molecule has 6 heterocycles. The number of nitrogens with zero attached hydrogens (tertiary/aromatic N) is 6. The van der Waals surface area contributed by atoms with E-state index in [0.717, 1.165) is 18.3 Å². The number of aliphatic hydroxyl groups excluding tert-OH is 6. The largest absolute Gasteiger partial charge is 0.433 e. The molecule has 10 atom stereocenters. The number of halogens is 6. The molecule has 314 valence electrons. The van der Waals surface area contributed by atoms with E-state index in [4.69, 9.17) is 9.78 Å². The maximum Gasteiger partial charge on any atom is 0.433 e. The van der Waals surface area contributed by atoms with E-state index in [1.165, 1.54) is 18.3 Å². The van der Waals surface area contributed by atoms with Gasteiger partial charge in [-0.1, -0.05) is 6.07 Å². The number of aromatic nitrogens is 2. The molecular formula is C36H50F6N6O8. The molecule has 6 N–H and O–H groups in total. The van der Waals surface area contributed by atoms with Crippen molar-refractivity contribution in [3.63, 3.8) is 0 Å². The van der Waals surface area contributed by atoms with Crippen molar-refractivity contribution in [2.45, 2.75) is 86.7 Å². The molecule has 20 heteroatoms. The van der Waals surface area contributed by atoms with Gasteiger partial charge in [-0.2, -0.15) is 26.3 Å². The van der Waals surface area contributed by atoms with Gasteiger partial charge in [-0.05, 0) is 55.7 Å². The maximum absolute atomic E-state index is 13.8. The fraction of sp³-hybridized carbons (Fsp3) is 0.722. The molecule has 2 aromatic rings. The fourth-order valence-corrected chi connectivity index (χ4v) is 8.58. The summed E-state index contributed by atoms with van der Waals surface area (Å²) in [5.74, 6) is -0.115. The van der Waals surface area contributed by atoms with E-state index >= 15 is 0 Å². The second-order valence-electron chi connectivity index (χ2n) is 15.4. The van der Waals surface area contributed by atoms with E-state index in [2.05, 4.69) is 9.97 Å². The lowest BCUT2D eigenvalue weighted by molar-refractivity contribution is -0.362. The van der Waals surface area contributed by atoms with Gasteiger partial charge in [0, 0.05) is 58.6 Å². The Balaban J connectivity index is 1.08. The van der Waals surface area contributed by atoms with Crippen LogP contribution in [-0.2, 0) is 22.1 Å². The third-order valence-corrected chi connectivity index (χ3v) is 11.5. The van der Waals surface area contributed by atoms with Crippen molar-refractivity contribution in [3.05, 3.63) is 47.9 Å². The maximum atomic E-state index is 13.8. The highest BCUT2D eigenvalue weighted by Gasteiger charge is 2.46. The lowest BCUT2D eigenvalue weighted by atomic mass is 9.90. The molecule has 0 bridgehead atoms. The van der Waals surface area contributed by atoms with Crippen LogP contribution in [0.1, 0.15) is 36.9 Å². The minimum Gasteiger partial charge on any atom is -0.395 e. The van der Waals surface area contributed by atoms with Crippen LogP contribution in [0.5, 0.6) is 0 Å². The van der Waals surface area contributed by atoms with Gasteiger partial charge in [0.1, 0.15) is 48.6 Å². The summed E-state index contributed by atoms with van der Waals surface area (Å²) in [6.07, 6.45) is -12.7. The summed E-state index contributed by atoms with van der Waals surface area (Å²) in [4.78, 5) is 25.7. The van der Waals surface area contributed by atoms with Gasteiger partial charge in [-0.3, -0.25) is 14.8 Å². The molecule has 2 aromatic heterocycles. The van der Waals surface area contributed by atoms with Crippen molar-refractivity contribution in [2.24, 2.45) is 11.8 Å². The fourth-order valence-electron chi connectivity index (χ4n) is 8.58. The molecule has 6 rings (SSSR count). The van der Waals surface area contributed by atoms with E-state index in [9.17, 15) is 57.0 Å². The Kier molecular flexibility index (Phi) is 13.7. The molecule has 0 aromatic carbocycles. The number of likely N-dealkylation sites (tertiary alicyclic amines) is 2. The normalized spacial score (nSPS) is 32.9. The van der Waals surface area contributed by atoms with Crippen LogP contribution in [0.25, 0.3) is 0 Å². The van der Waals surface area contributed by atoms with Gasteiger partial charge < -0.3 is 40.4 Å². The average molecular weight is 809 g/mol. The highest BCUT2D eigenvalue weighted by atomic mass is 19.4. The molecule has 0 unspecified atom stereocenters. The average Bonchev–Trinajstić information content (AvgIpc) is 3.17. The van der Waals surface area contributed by atoms with E-state index < -0.39 is 78.9 Å². The third-order valence-electron chi connectivity index (χ3n) is 11.5. The summed E-state index contributed by atoms with van der Waals surface area (Å²) < 4.78 is 81.3. The summed E-state index contributed by atoms with van der Waals surface area (Å²) in [6, 6.07) is 2.83. The lowest BCUT2D eigenvalue weighted by Gasteiger charge is -2.47. The zero-order chi connectivity index (χ0) is 40.4. The second kappa shape index (κ2) is 17.9. The molecule has 0 spiro atoms. The van der Waals surface area contributed by atoms with E-state index in [1.54, 1.807) is 19.6 Å². The van der Waals surface area contributed by atoms with Crippen molar-refractivity contribution in [3.8, 4) is 0 Å². The Labute approximate surface area is 319 Å². The van der Waals surface area contributed by atoms with Crippen LogP contribution in [0.3, 0.4) is 0 Å². The molecule has 0 aliphatic carbocycles. The predicted molar refractivity (Wildman–Crippen MR) is 187 cm³/mol. The van der Waals surface area contributed by atoms with Crippen LogP contribution in [0.15, 0.2) is 36.7 Å². The lowest BCUT2D eigenvalue weighted by Crippen LogP contribution is -2.65. The summed E-state index contributed by atoms with van der Waals surface area (Å²) in [6.45, 7) is 1.06. The molecule has 4 aliphatic rings. The predicted octanol–water partition coefficient (Wildman–Crippen LogP) is 1.13. The minimum absolute atomic E-state index is 0.0274. The standard InChI is InChI=1S/C36H50F6N6O8/c37-35(38,39)23-8-9-43-12-24(23)45-10-2-4-21(13-45)16-48-18-28(34(54)31(51)25(48)19-49)56-55-20-26-32(52)33(53)27(50)17-47(26)15-22-5-3-11-46(14-22)30-7-1-6-29(44-30)36(40,41)42/h1,6-9,12,21-22,25-28,31-34,49-54H,2-5,10-11,13-20H2/t21-,22-,25+,26+,27+,28+,31-,32-,33-,34-/m1/s1. The zero-order valence-corrected chi connectivity index (χ0v) is 30.6. The smallest absolute Gasteiger partial charge is 0.395 e. The van der Waals surface area contributed by atoms with Gasteiger partial charge >= 0.3 is 12.4 Å². The first kappa shape index (κ1) is 42.7.